The number of benzene rings is 4. The Morgan fingerprint density at radius 1 is 0.897 bits per heavy atom. The molecular formula is C29H28FN3O5S. The Kier molecular flexibility index (Phi) is 9.03. The first-order valence-corrected chi connectivity index (χ1v) is 13.7. The van der Waals surface area contributed by atoms with Crippen molar-refractivity contribution in [3.63, 3.8) is 0 Å². The number of rotatable bonds is 11. The van der Waals surface area contributed by atoms with Gasteiger partial charge in [0.1, 0.15) is 11.9 Å². The summed E-state index contributed by atoms with van der Waals surface area (Å²) in [5.74, 6) is -2.09. The molecule has 0 aromatic heterocycles. The molecule has 39 heavy (non-hydrogen) atoms. The normalized spacial score (nSPS) is 12.2. The van der Waals surface area contributed by atoms with Gasteiger partial charge >= 0.3 is 0 Å². The summed E-state index contributed by atoms with van der Waals surface area (Å²) in [5.41, 5.74) is 0.284. The van der Waals surface area contributed by atoms with E-state index in [1.807, 2.05) is 18.2 Å². The van der Waals surface area contributed by atoms with Crippen LogP contribution in [0.4, 0.5) is 10.1 Å². The fraction of sp³-hybridized carbons (Fsp3) is 0.172. The maximum atomic E-state index is 15.2. The van der Waals surface area contributed by atoms with Gasteiger partial charge in [0.25, 0.3) is 0 Å². The highest BCUT2D eigenvalue weighted by atomic mass is 32.2. The summed E-state index contributed by atoms with van der Waals surface area (Å²) in [6, 6.07) is 24.3. The Bertz CT molecular complexity index is 1560. The number of amides is 2. The predicted octanol–water partition coefficient (Wildman–Crippen LogP) is 3.79. The second-order valence-corrected chi connectivity index (χ2v) is 10.4. The van der Waals surface area contributed by atoms with Gasteiger partial charge in [0.15, 0.2) is 0 Å². The van der Waals surface area contributed by atoms with Gasteiger partial charge in [-0.1, -0.05) is 72.8 Å². The third kappa shape index (κ3) is 6.48. The number of nitrogens with zero attached hydrogens (tertiary/aromatic N) is 1. The van der Waals surface area contributed by atoms with Crippen LogP contribution in [0.2, 0.25) is 0 Å². The van der Waals surface area contributed by atoms with Gasteiger partial charge < -0.3 is 10.1 Å². The molecule has 8 nitrogen and oxygen atoms in total. The molecule has 0 aliphatic carbocycles. The molecule has 0 aliphatic heterocycles. The highest BCUT2D eigenvalue weighted by molar-refractivity contribution is 7.89. The van der Waals surface area contributed by atoms with Crippen LogP contribution in [0.15, 0.2) is 102 Å². The number of fused-ring (bicyclic) bond motifs is 1. The Hall–Kier alpha value is -4.12. The topological polar surface area (TPSA) is 105 Å². The summed E-state index contributed by atoms with van der Waals surface area (Å²) < 4.78 is 48.3. The first-order valence-electron chi connectivity index (χ1n) is 12.2. The summed E-state index contributed by atoms with van der Waals surface area (Å²) in [6.45, 7) is -0.343. The molecule has 0 aliphatic rings. The minimum Gasteiger partial charge on any atom is -0.383 e. The van der Waals surface area contributed by atoms with Gasteiger partial charge in [0, 0.05) is 24.6 Å². The molecule has 1 atom stereocenters. The molecule has 0 radical (unpaired) electrons. The van der Waals surface area contributed by atoms with E-state index in [9.17, 15) is 18.0 Å². The van der Waals surface area contributed by atoms with Crippen LogP contribution in [0.3, 0.4) is 0 Å². The van der Waals surface area contributed by atoms with Crippen molar-refractivity contribution in [1.82, 2.24) is 10.0 Å². The number of halogens is 1. The smallest absolute Gasteiger partial charge is 0.248 e. The maximum Gasteiger partial charge on any atom is 0.248 e. The minimum absolute atomic E-state index is 0.0162. The summed E-state index contributed by atoms with van der Waals surface area (Å²) in [6.07, 6.45) is 0. The van der Waals surface area contributed by atoms with E-state index in [0.29, 0.717) is 11.1 Å². The van der Waals surface area contributed by atoms with Gasteiger partial charge in [-0.05, 0) is 29.7 Å². The van der Waals surface area contributed by atoms with E-state index in [2.05, 4.69) is 10.0 Å². The highest BCUT2D eigenvalue weighted by Crippen LogP contribution is 2.34. The fourth-order valence-electron chi connectivity index (χ4n) is 4.23. The lowest BCUT2D eigenvalue weighted by molar-refractivity contribution is -0.126. The summed E-state index contributed by atoms with van der Waals surface area (Å²) in [7, 11) is -2.56. The maximum absolute atomic E-state index is 15.2. The molecular weight excluding hydrogens is 521 g/mol. The number of carbonyl (C=O) groups is 2. The van der Waals surface area contributed by atoms with E-state index in [0.717, 1.165) is 10.3 Å². The average Bonchev–Trinajstić information content (AvgIpc) is 2.95. The lowest BCUT2D eigenvalue weighted by Crippen LogP contribution is -2.48. The van der Waals surface area contributed by atoms with Crippen LogP contribution in [-0.4, -0.2) is 47.0 Å². The van der Waals surface area contributed by atoms with Crippen molar-refractivity contribution in [1.29, 1.82) is 0 Å². The molecule has 1 unspecified atom stereocenters. The standard InChI is InChI=1S/C29H28FN3O5S/c1-38-19-18-31-29(35)28(24-15-7-8-16-25(24)30)33(26-17-9-11-21-10-5-6-14-23(21)26)27(34)20-32-39(36,37)22-12-3-2-4-13-22/h2-17,28,32H,18-20H2,1H3,(H,31,35). The Balaban J connectivity index is 1.81. The van der Waals surface area contributed by atoms with Gasteiger partial charge in [-0.3, -0.25) is 14.5 Å². The van der Waals surface area contributed by atoms with E-state index in [1.54, 1.807) is 48.5 Å². The number of nitrogens with one attached hydrogen (secondary N) is 2. The zero-order valence-corrected chi connectivity index (χ0v) is 22.0. The number of carbonyl (C=O) groups excluding carboxylic acids is 2. The molecule has 202 valence electrons. The highest BCUT2D eigenvalue weighted by Gasteiger charge is 2.35. The zero-order valence-electron chi connectivity index (χ0n) is 21.2. The molecule has 2 N–H and O–H groups in total. The molecule has 0 heterocycles. The van der Waals surface area contributed by atoms with Gasteiger partial charge in [0.2, 0.25) is 21.8 Å². The van der Waals surface area contributed by atoms with Crippen LogP contribution >= 0.6 is 0 Å². The van der Waals surface area contributed by atoms with Crippen molar-refractivity contribution in [3.05, 3.63) is 108 Å². The largest absolute Gasteiger partial charge is 0.383 e. The van der Waals surface area contributed by atoms with Crippen molar-refractivity contribution in [2.75, 3.05) is 31.7 Å². The van der Waals surface area contributed by atoms with Crippen molar-refractivity contribution in [2.24, 2.45) is 0 Å². The van der Waals surface area contributed by atoms with Crippen LogP contribution < -0.4 is 14.9 Å². The number of hydrogen-bond acceptors (Lipinski definition) is 5. The molecule has 0 fully saturated rings. The number of anilines is 1. The zero-order chi connectivity index (χ0) is 27.8. The molecule has 4 rings (SSSR count). The first kappa shape index (κ1) is 27.9. The molecule has 4 aromatic carbocycles. The first-order chi connectivity index (χ1) is 18.8. The fourth-order valence-corrected chi connectivity index (χ4v) is 5.22. The SMILES string of the molecule is COCCNC(=O)C(c1ccccc1F)N(C(=O)CNS(=O)(=O)c1ccccc1)c1cccc2ccccc12. The lowest BCUT2D eigenvalue weighted by atomic mass is 10.00. The molecule has 0 spiro atoms. The van der Waals surface area contributed by atoms with E-state index < -0.39 is 40.2 Å². The number of methoxy groups -OCH3 is 1. The van der Waals surface area contributed by atoms with Crippen LogP contribution in [-0.2, 0) is 24.3 Å². The number of sulfonamides is 1. The van der Waals surface area contributed by atoms with Crippen LogP contribution in [0.1, 0.15) is 11.6 Å². The Labute approximate surface area is 226 Å². The van der Waals surface area contributed by atoms with Gasteiger partial charge in [-0.25, -0.2) is 17.5 Å². The Morgan fingerprint density at radius 3 is 2.31 bits per heavy atom. The second-order valence-electron chi connectivity index (χ2n) is 8.61. The summed E-state index contributed by atoms with van der Waals surface area (Å²) in [4.78, 5) is 28.6. The van der Waals surface area contributed by atoms with Crippen LogP contribution in [0, 0.1) is 5.82 Å². The van der Waals surface area contributed by atoms with Crippen molar-refractivity contribution in [2.45, 2.75) is 10.9 Å². The number of hydrogen-bond donors (Lipinski definition) is 2. The average molecular weight is 550 g/mol. The predicted molar refractivity (Wildman–Crippen MR) is 147 cm³/mol. The van der Waals surface area contributed by atoms with E-state index in [-0.39, 0.29) is 23.6 Å². The van der Waals surface area contributed by atoms with E-state index in [1.165, 1.54) is 37.4 Å². The molecule has 0 bridgehead atoms. The second kappa shape index (κ2) is 12.6. The lowest BCUT2D eigenvalue weighted by Gasteiger charge is -2.32. The third-order valence-corrected chi connectivity index (χ3v) is 7.49. The van der Waals surface area contributed by atoms with Crippen molar-refractivity contribution in [3.8, 4) is 0 Å². The van der Waals surface area contributed by atoms with Crippen LogP contribution in [0.25, 0.3) is 10.8 Å². The van der Waals surface area contributed by atoms with Gasteiger partial charge in [0.05, 0.1) is 23.7 Å². The molecule has 0 saturated carbocycles. The van der Waals surface area contributed by atoms with Crippen LogP contribution in [0.5, 0.6) is 0 Å². The molecule has 10 heteroatoms. The van der Waals surface area contributed by atoms with Crippen molar-refractivity contribution < 1.29 is 27.1 Å². The van der Waals surface area contributed by atoms with Gasteiger partial charge in [-0.15, -0.1) is 0 Å². The third-order valence-electron chi connectivity index (χ3n) is 6.07. The summed E-state index contributed by atoms with van der Waals surface area (Å²) in [5, 5.41) is 4.11. The molecule has 0 saturated heterocycles. The minimum atomic E-state index is -4.04. The van der Waals surface area contributed by atoms with Gasteiger partial charge in [-0.2, -0.15) is 0 Å². The van der Waals surface area contributed by atoms with Crippen molar-refractivity contribution >= 4 is 38.3 Å². The van der Waals surface area contributed by atoms with E-state index >= 15 is 4.39 Å². The monoisotopic (exact) mass is 549 g/mol. The molecule has 4 aromatic rings. The Morgan fingerprint density at radius 2 is 1.56 bits per heavy atom. The number of ether oxygens (including phenoxy) is 1. The quantitative estimate of drug-likeness (QED) is 0.277. The molecule has 2 amide bonds. The summed E-state index contributed by atoms with van der Waals surface area (Å²) >= 11 is 0. The van der Waals surface area contributed by atoms with E-state index in [4.69, 9.17) is 4.74 Å².